The zero-order chi connectivity index (χ0) is 29.2. The Kier molecular flexibility index (Phi) is 8.48. The number of benzene rings is 2. The number of fused-ring (bicyclic) bond motifs is 1. The van der Waals surface area contributed by atoms with Crippen LogP contribution in [0.3, 0.4) is 0 Å². The summed E-state index contributed by atoms with van der Waals surface area (Å²) < 4.78 is 21.1. The summed E-state index contributed by atoms with van der Waals surface area (Å²) in [6, 6.07) is 14.5. The molecule has 1 saturated carbocycles. The lowest BCUT2D eigenvalue weighted by Gasteiger charge is -2.48. The maximum Gasteiger partial charge on any atom is 0.217 e. The number of hydrogen-bond donors (Lipinski definition) is 3. The van der Waals surface area contributed by atoms with E-state index in [1.807, 2.05) is 18.2 Å². The highest BCUT2D eigenvalue weighted by Gasteiger charge is 2.45. The summed E-state index contributed by atoms with van der Waals surface area (Å²) in [6.07, 6.45) is 7.78. The SMILES string of the molecule is CC(=O)N[C@@H](Cc1cc(F)cc(-c2ccncc2)c1)[C@H](O)CN[C@H]1CC2(CCC2)Oc2ccc(CC(C)(C)C)cc21. The monoisotopic (exact) mass is 559 g/mol. The Balaban J connectivity index is 1.33. The third-order valence-corrected chi connectivity index (χ3v) is 8.20. The molecular formula is C34H42FN3O3. The molecule has 1 aliphatic heterocycles. The van der Waals surface area contributed by atoms with Crippen LogP contribution in [0.25, 0.3) is 11.1 Å². The van der Waals surface area contributed by atoms with E-state index in [1.54, 1.807) is 12.4 Å². The van der Waals surface area contributed by atoms with Crippen molar-refractivity contribution in [2.24, 2.45) is 5.41 Å². The van der Waals surface area contributed by atoms with Gasteiger partial charge in [-0.15, -0.1) is 0 Å². The normalized spacial score (nSPS) is 19.0. The molecule has 0 unspecified atom stereocenters. The predicted molar refractivity (Wildman–Crippen MR) is 159 cm³/mol. The van der Waals surface area contributed by atoms with Crippen molar-refractivity contribution in [3.8, 4) is 16.9 Å². The summed E-state index contributed by atoms with van der Waals surface area (Å²) >= 11 is 0. The lowest BCUT2D eigenvalue weighted by molar-refractivity contribution is -0.120. The average Bonchev–Trinajstić information content (AvgIpc) is 2.89. The first-order chi connectivity index (χ1) is 19.5. The van der Waals surface area contributed by atoms with E-state index >= 15 is 0 Å². The topological polar surface area (TPSA) is 83.5 Å². The van der Waals surface area contributed by atoms with E-state index < -0.39 is 12.1 Å². The number of carbonyl (C=O) groups excluding carboxylic acids is 1. The zero-order valence-electron chi connectivity index (χ0n) is 24.5. The summed E-state index contributed by atoms with van der Waals surface area (Å²) in [6.45, 7) is 8.42. The van der Waals surface area contributed by atoms with Gasteiger partial charge in [0.25, 0.3) is 0 Å². The van der Waals surface area contributed by atoms with Gasteiger partial charge in [-0.05, 0) is 90.1 Å². The summed E-state index contributed by atoms with van der Waals surface area (Å²) in [5.74, 6) is 0.318. The van der Waals surface area contributed by atoms with Crippen molar-refractivity contribution in [2.45, 2.75) is 90.0 Å². The summed E-state index contributed by atoms with van der Waals surface area (Å²) in [4.78, 5) is 16.2. The van der Waals surface area contributed by atoms with Crippen LogP contribution in [-0.4, -0.2) is 40.3 Å². The minimum Gasteiger partial charge on any atom is -0.487 e. The smallest absolute Gasteiger partial charge is 0.217 e. The molecule has 7 heteroatoms. The number of nitrogens with one attached hydrogen (secondary N) is 2. The van der Waals surface area contributed by atoms with E-state index in [4.69, 9.17) is 4.74 Å². The molecule has 2 aromatic carbocycles. The van der Waals surface area contributed by atoms with E-state index in [9.17, 15) is 14.3 Å². The Morgan fingerprint density at radius 3 is 2.51 bits per heavy atom. The molecule has 3 atom stereocenters. The molecule has 3 aromatic rings. The third kappa shape index (κ3) is 7.32. The van der Waals surface area contributed by atoms with E-state index in [0.717, 1.165) is 54.5 Å². The average molecular weight is 560 g/mol. The molecule has 3 N–H and O–H groups in total. The largest absolute Gasteiger partial charge is 0.487 e. The minimum absolute atomic E-state index is 0.0269. The molecule has 5 rings (SSSR count). The van der Waals surface area contributed by atoms with Gasteiger partial charge < -0.3 is 20.5 Å². The first-order valence-electron chi connectivity index (χ1n) is 14.7. The number of hydrogen-bond acceptors (Lipinski definition) is 5. The highest BCUT2D eigenvalue weighted by Crippen LogP contribution is 2.49. The number of amides is 1. The predicted octanol–water partition coefficient (Wildman–Crippen LogP) is 5.92. The fourth-order valence-electron chi connectivity index (χ4n) is 6.18. The standard InChI is InChI=1S/C34H42FN3O3/c1-22(39)38-29(17-24-14-26(18-27(35)15-24)25-8-12-36-13-9-25)31(40)21-37-30-20-34(10-5-11-34)41-32-7-6-23(16-28(30)32)19-33(2,3)4/h6-9,12-16,18,29-31,37,40H,5,10-11,17,19-21H2,1-4H3,(H,38,39)/t29-,30-,31+/m0/s1. The van der Waals surface area contributed by atoms with Gasteiger partial charge >= 0.3 is 0 Å². The number of aromatic nitrogens is 1. The molecule has 1 spiro atoms. The quantitative estimate of drug-likeness (QED) is 0.303. The molecule has 0 saturated heterocycles. The second kappa shape index (κ2) is 11.9. The molecule has 0 bridgehead atoms. The van der Waals surface area contributed by atoms with Crippen LogP contribution in [0.1, 0.15) is 76.1 Å². The van der Waals surface area contributed by atoms with Crippen molar-refractivity contribution in [3.63, 3.8) is 0 Å². The number of carbonyl (C=O) groups is 1. The van der Waals surface area contributed by atoms with Crippen LogP contribution in [0, 0.1) is 11.2 Å². The molecule has 1 amide bonds. The van der Waals surface area contributed by atoms with Crippen molar-refractivity contribution < 1.29 is 19.0 Å². The Labute approximate surface area is 242 Å². The van der Waals surface area contributed by atoms with Crippen LogP contribution in [0.15, 0.2) is 60.9 Å². The van der Waals surface area contributed by atoms with Crippen molar-refractivity contribution in [1.29, 1.82) is 0 Å². The van der Waals surface area contributed by atoms with Crippen molar-refractivity contribution in [1.82, 2.24) is 15.6 Å². The van der Waals surface area contributed by atoms with Crippen LogP contribution in [0.5, 0.6) is 5.75 Å². The molecule has 0 radical (unpaired) electrons. The lowest BCUT2D eigenvalue weighted by atomic mass is 9.72. The minimum atomic E-state index is -0.882. The highest BCUT2D eigenvalue weighted by molar-refractivity contribution is 5.73. The Morgan fingerprint density at radius 2 is 1.85 bits per heavy atom. The molecule has 1 aliphatic carbocycles. The van der Waals surface area contributed by atoms with E-state index in [0.29, 0.717) is 12.0 Å². The summed E-state index contributed by atoms with van der Waals surface area (Å²) in [7, 11) is 0. The maximum absolute atomic E-state index is 14.6. The van der Waals surface area contributed by atoms with Gasteiger partial charge in [-0.1, -0.05) is 39.0 Å². The number of aliphatic hydroxyl groups excluding tert-OH is 1. The van der Waals surface area contributed by atoms with E-state index in [-0.39, 0.29) is 35.3 Å². The number of nitrogens with zero attached hydrogens (tertiary/aromatic N) is 1. The Bertz CT molecular complexity index is 1370. The van der Waals surface area contributed by atoms with Crippen molar-refractivity contribution >= 4 is 5.91 Å². The lowest BCUT2D eigenvalue weighted by Crippen LogP contribution is -2.52. The summed E-state index contributed by atoms with van der Waals surface area (Å²) in [5, 5.41) is 17.9. The first-order valence-corrected chi connectivity index (χ1v) is 14.7. The number of ether oxygens (including phenoxy) is 1. The molecule has 41 heavy (non-hydrogen) atoms. The van der Waals surface area contributed by atoms with Crippen LogP contribution in [0.2, 0.25) is 0 Å². The first kappa shape index (κ1) is 29.2. The molecule has 2 heterocycles. The van der Waals surface area contributed by atoms with Gasteiger partial charge in [0.2, 0.25) is 5.91 Å². The molecule has 218 valence electrons. The van der Waals surface area contributed by atoms with E-state index in [2.05, 4.69) is 54.6 Å². The Hall–Kier alpha value is -3.29. The van der Waals surface area contributed by atoms with Gasteiger partial charge in [0.05, 0.1) is 12.1 Å². The van der Waals surface area contributed by atoms with Gasteiger partial charge in [-0.2, -0.15) is 0 Å². The number of rotatable bonds is 9. The molecule has 6 nitrogen and oxygen atoms in total. The van der Waals surface area contributed by atoms with Gasteiger partial charge in [0.15, 0.2) is 0 Å². The molecule has 1 fully saturated rings. The number of halogens is 1. The Morgan fingerprint density at radius 1 is 1.10 bits per heavy atom. The summed E-state index contributed by atoms with van der Waals surface area (Å²) in [5.41, 5.74) is 4.69. The van der Waals surface area contributed by atoms with Crippen LogP contribution >= 0.6 is 0 Å². The van der Waals surface area contributed by atoms with E-state index in [1.165, 1.54) is 24.6 Å². The molecule has 1 aromatic heterocycles. The zero-order valence-corrected chi connectivity index (χ0v) is 24.5. The fourth-order valence-corrected chi connectivity index (χ4v) is 6.18. The van der Waals surface area contributed by atoms with Crippen LogP contribution < -0.4 is 15.4 Å². The van der Waals surface area contributed by atoms with Gasteiger partial charge in [0, 0.05) is 43.9 Å². The second-order valence-corrected chi connectivity index (χ2v) is 13.1. The van der Waals surface area contributed by atoms with Crippen molar-refractivity contribution in [2.75, 3.05) is 6.54 Å². The second-order valence-electron chi connectivity index (χ2n) is 13.1. The molecule has 2 aliphatic rings. The maximum atomic E-state index is 14.6. The van der Waals surface area contributed by atoms with Crippen LogP contribution in [0.4, 0.5) is 4.39 Å². The molecular weight excluding hydrogens is 517 g/mol. The highest BCUT2D eigenvalue weighted by atomic mass is 19.1. The van der Waals surface area contributed by atoms with Gasteiger partial charge in [0.1, 0.15) is 17.2 Å². The van der Waals surface area contributed by atoms with Crippen molar-refractivity contribution in [3.05, 3.63) is 83.4 Å². The van der Waals surface area contributed by atoms with Gasteiger partial charge in [-0.25, -0.2) is 4.39 Å². The fraction of sp³-hybridized carbons (Fsp3) is 0.471. The number of pyridine rings is 1. The number of aliphatic hydroxyl groups is 1. The third-order valence-electron chi connectivity index (χ3n) is 8.20. The van der Waals surface area contributed by atoms with Gasteiger partial charge in [-0.3, -0.25) is 9.78 Å². The van der Waals surface area contributed by atoms with Crippen LogP contribution in [-0.2, 0) is 17.6 Å².